The van der Waals surface area contributed by atoms with Gasteiger partial charge in [0.1, 0.15) is 16.8 Å². The first-order valence-corrected chi connectivity index (χ1v) is 9.97. The van der Waals surface area contributed by atoms with Crippen LogP contribution in [0.3, 0.4) is 0 Å². The number of hydrogen-bond donors (Lipinski definition) is 0. The Bertz CT molecular complexity index is 1710. The standard InChI is InChI=1S/C26H16N2O3/c1-15-13-23(29)31-20-11-12-21-26(24(15)20)28-25-18-10-6-5-9-17(18)19(14-22(25)30-21)27-16-7-3-2-4-8-16/h2-14H,1H3. The van der Waals surface area contributed by atoms with E-state index >= 15 is 0 Å². The average molecular weight is 404 g/mol. The van der Waals surface area contributed by atoms with Gasteiger partial charge >= 0.3 is 5.63 Å². The molecule has 0 saturated heterocycles. The van der Waals surface area contributed by atoms with Crippen molar-refractivity contribution in [2.24, 2.45) is 4.99 Å². The molecule has 0 N–H and O–H groups in total. The minimum absolute atomic E-state index is 0.375. The first-order chi connectivity index (χ1) is 15.2. The summed E-state index contributed by atoms with van der Waals surface area (Å²) in [6, 6.07) is 24.8. The third-order valence-corrected chi connectivity index (χ3v) is 5.45. The van der Waals surface area contributed by atoms with Crippen molar-refractivity contribution >= 4 is 38.5 Å². The van der Waals surface area contributed by atoms with Gasteiger partial charge in [-0.05, 0) is 36.8 Å². The Morgan fingerprint density at radius 1 is 0.806 bits per heavy atom. The predicted octanol–water partition coefficient (Wildman–Crippen LogP) is 5.73. The van der Waals surface area contributed by atoms with Gasteiger partial charge < -0.3 is 8.83 Å². The maximum atomic E-state index is 11.8. The zero-order valence-corrected chi connectivity index (χ0v) is 16.6. The quantitative estimate of drug-likeness (QED) is 0.199. The van der Waals surface area contributed by atoms with Crippen LogP contribution in [-0.2, 0) is 0 Å². The number of hydrogen-bond acceptors (Lipinski definition) is 5. The zero-order valence-electron chi connectivity index (χ0n) is 16.6. The van der Waals surface area contributed by atoms with Gasteiger partial charge in [0.2, 0.25) is 0 Å². The average Bonchev–Trinajstić information content (AvgIpc) is 2.78. The van der Waals surface area contributed by atoms with Gasteiger partial charge in [0, 0.05) is 22.9 Å². The molecule has 0 radical (unpaired) electrons. The Hall–Kier alpha value is -4.25. The fourth-order valence-electron chi connectivity index (χ4n) is 4.07. The molecule has 0 fully saturated rings. The molecule has 31 heavy (non-hydrogen) atoms. The van der Waals surface area contributed by atoms with Gasteiger partial charge in [-0.2, -0.15) is 0 Å². The number of benzene rings is 4. The molecular formula is C26H16N2O3. The number of para-hydroxylation sites is 1. The number of fused-ring (bicyclic) bond motifs is 6. The molecule has 0 unspecified atom stereocenters. The summed E-state index contributed by atoms with van der Waals surface area (Å²) in [5.41, 5.74) is 3.84. The van der Waals surface area contributed by atoms with Gasteiger partial charge in [0.25, 0.3) is 0 Å². The molecule has 5 nitrogen and oxygen atoms in total. The van der Waals surface area contributed by atoms with Crippen LogP contribution >= 0.6 is 0 Å². The van der Waals surface area contributed by atoms with Crippen LogP contribution in [0, 0.1) is 6.92 Å². The molecule has 1 aromatic heterocycles. The highest BCUT2D eigenvalue weighted by Gasteiger charge is 2.17. The minimum atomic E-state index is -0.375. The van der Waals surface area contributed by atoms with E-state index in [0.717, 1.165) is 38.5 Å². The SMILES string of the molecule is Cc1cc(=O)oc2ccc3oc4cc(=Nc5ccccc5)c5ccccc5c-4nc3c12. The summed E-state index contributed by atoms with van der Waals surface area (Å²) in [6.07, 6.45) is 0. The summed E-state index contributed by atoms with van der Waals surface area (Å²) in [7, 11) is 0. The molecule has 6 rings (SSSR count). The summed E-state index contributed by atoms with van der Waals surface area (Å²) >= 11 is 0. The van der Waals surface area contributed by atoms with Gasteiger partial charge in [-0.1, -0.05) is 42.5 Å². The maximum absolute atomic E-state index is 11.8. The van der Waals surface area contributed by atoms with Crippen LogP contribution in [0.15, 0.2) is 97.5 Å². The Morgan fingerprint density at radius 2 is 1.55 bits per heavy atom. The molecular weight excluding hydrogens is 388 g/mol. The predicted molar refractivity (Wildman–Crippen MR) is 121 cm³/mol. The molecule has 1 aliphatic heterocycles. The molecule has 1 aliphatic carbocycles. The van der Waals surface area contributed by atoms with E-state index in [1.807, 2.05) is 67.6 Å². The Kier molecular flexibility index (Phi) is 3.77. The molecule has 0 spiro atoms. The summed E-state index contributed by atoms with van der Waals surface area (Å²) in [5.74, 6) is 0.648. The van der Waals surface area contributed by atoms with Crippen molar-refractivity contribution in [1.82, 2.24) is 4.98 Å². The molecule has 0 amide bonds. The number of aryl methyl sites for hydroxylation is 1. The zero-order chi connectivity index (χ0) is 20.9. The van der Waals surface area contributed by atoms with Crippen LogP contribution in [0.25, 0.3) is 44.3 Å². The van der Waals surface area contributed by atoms with Crippen LogP contribution in [0.1, 0.15) is 5.56 Å². The number of rotatable bonds is 1. The number of aromatic nitrogens is 1. The number of nitrogens with zero attached hydrogens (tertiary/aromatic N) is 2. The summed E-state index contributed by atoms with van der Waals surface area (Å²) in [6.45, 7) is 1.88. The Morgan fingerprint density at radius 3 is 2.39 bits per heavy atom. The second-order valence-electron chi connectivity index (χ2n) is 7.48. The van der Waals surface area contributed by atoms with E-state index in [0.29, 0.717) is 22.4 Å². The third kappa shape index (κ3) is 2.82. The molecule has 4 aromatic rings. The van der Waals surface area contributed by atoms with Gasteiger partial charge in [-0.25, -0.2) is 14.8 Å². The highest BCUT2D eigenvalue weighted by molar-refractivity contribution is 6.05. The first-order valence-electron chi connectivity index (χ1n) is 9.97. The summed E-state index contributed by atoms with van der Waals surface area (Å²) < 4.78 is 11.7. The molecule has 3 aromatic carbocycles. The molecule has 2 heterocycles. The highest BCUT2D eigenvalue weighted by Crippen LogP contribution is 2.33. The fraction of sp³-hybridized carbons (Fsp3) is 0.0385. The largest absolute Gasteiger partial charge is 0.453 e. The molecule has 148 valence electrons. The van der Waals surface area contributed by atoms with Crippen LogP contribution in [0.2, 0.25) is 0 Å². The lowest BCUT2D eigenvalue weighted by atomic mass is 10.0. The summed E-state index contributed by atoms with van der Waals surface area (Å²) in [4.78, 5) is 21.6. The van der Waals surface area contributed by atoms with Gasteiger partial charge in [-0.15, -0.1) is 0 Å². The van der Waals surface area contributed by atoms with Gasteiger partial charge in [0.15, 0.2) is 11.3 Å². The van der Waals surface area contributed by atoms with E-state index in [2.05, 4.69) is 0 Å². The Balaban J connectivity index is 1.77. The van der Waals surface area contributed by atoms with Crippen molar-refractivity contribution in [3.8, 4) is 11.5 Å². The van der Waals surface area contributed by atoms with Crippen molar-refractivity contribution in [1.29, 1.82) is 0 Å². The second-order valence-corrected chi connectivity index (χ2v) is 7.48. The van der Waals surface area contributed by atoms with Crippen LogP contribution in [0.5, 0.6) is 0 Å². The lowest BCUT2D eigenvalue weighted by Gasteiger charge is -2.12. The van der Waals surface area contributed by atoms with E-state index in [1.54, 1.807) is 12.1 Å². The minimum Gasteiger partial charge on any atom is -0.453 e. The van der Waals surface area contributed by atoms with Crippen molar-refractivity contribution < 1.29 is 8.83 Å². The molecule has 0 atom stereocenters. The normalized spacial score (nSPS) is 12.4. The van der Waals surface area contributed by atoms with E-state index in [4.69, 9.17) is 18.8 Å². The lowest BCUT2D eigenvalue weighted by Crippen LogP contribution is -2.06. The smallest absolute Gasteiger partial charge is 0.336 e. The van der Waals surface area contributed by atoms with Crippen LogP contribution in [0.4, 0.5) is 5.69 Å². The van der Waals surface area contributed by atoms with Gasteiger partial charge in [-0.3, -0.25) is 0 Å². The molecule has 2 aliphatic rings. The van der Waals surface area contributed by atoms with Crippen LogP contribution < -0.4 is 11.0 Å². The highest BCUT2D eigenvalue weighted by atomic mass is 16.4. The Labute approximate surface area is 176 Å². The van der Waals surface area contributed by atoms with E-state index in [-0.39, 0.29) is 5.63 Å². The lowest BCUT2D eigenvalue weighted by molar-refractivity contribution is 0.559. The van der Waals surface area contributed by atoms with Crippen molar-refractivity contribution in [2.75, 3.05) is 0 Å². The summed E-state index contributed by atoms with van der Waals surface area (Å²) in [5, 5.41) is 3.55. The van der Waals surface area contributed by atoms with Crippen molar-refractivity contribution in [3.05, 3.63) is 100 Å². The monoisotopic (exact) mass is 404 g/mol. The molecule has 5 heteroatoms. The van der Waals surface area contributed by atoms with Crippen LogP contribution in [-0.4, -0.2) is 4.98 Å². The maximum Gasteiger partial charge on any atom is 0.336 e. The molecule has 0 saturated carbocycles. The van der Waals surface area contributed by atoms with Crippen molar-refractivity contribution in [3.63, 3.8) is 0 Å². The topological polar surface area (TPSA) is 68.6 Å². The molecule has 0 bridgehead atoms. The van der Waals surface area contributed by atoms with E-state index in [1.165, 1.54) is 6.07 Å². The third-order valence-electron chi connectivity index (χ3n) is 5.45. The van der Waals surface area contributed by atoms with E-state index in [9.17, 15) is 4.79 Å². The first kappa shape index (κ1) is 17.6. The van der Waals surface area contributed by atoms with E-state index < -0.39 is 0 Å². The van der Waals surface area contributed by atoms with Gasteiger partial charge in [0.05, 0.1) is 16.4 Å². The van der Waals surface area contributed by atoms with Crippen molar-refractivity contribution in [2.45, 2.75) is 6.92 Å². The second kappa shape index (κ2) is 6.64. The fourth-order valence-corrected chi connectivity index (χ4v) is 4.07.